The summed E-state index contributed by atoms with van der Waals surface area (Å²) >= 11 is 0. The summed E-state index contributed by atoms with van der Waals surface area (Å²) in [6.45, 7) is 2.56. The first kappa shape index (κ1) is 15.3. The van der Waals surface area contributed by atoms with Gasteiger partial charge in [0.2, 0.25) is 0 Å². The maximum Gasteiger partial charge on any atom is 0.269 e. The highest BCUT2D eigenvalue weighted by molar-refractivity contribution is 5.92. The standard InChI is InChI=1S/C17H25N3O2/c1-18-16(21)15-12-14(6-9-19-15)20-10-11-22-17(13-20)7-4-2-3-5-8-17/h6,9,12H,2-5,7-8,10-11,13H2,1H3,(H,18,21). The van der Waals surface area contributed by atoms with Crippen LogP contribution in [0.4, 0.5) is 5.69 Å². The number of nitrogens with one attached hydrogen (secondary N) is 1. The van der Waals surface area contributed by atoms with Crippen molar-refractivity contribution < 1.29 is 9.53 Å². The Labute approximate surface area is 132 Å². The van der Waals surface area contributed by atoms with E-state index in [0.717, 1.165) is 38.2 Å². The monoisotopic (exact) mass is 303 g/mol. The lowest BCUT2D eigenvalue weighted by Crippen LogP contribution is -2.51. The Balaban J connectivity index is 1.78. The lowest BCUT2D eigenvalue weighted by atomic mass is 9.92. The summed E-state index contributed by atoms with van der Waals surface area (Å²) in [7, 11) is 1.63. The number of nitrogens with zero attached hydrogens (tertiary/aromatic N) is 2. The molecule has 1 aromatic heterocycles. The largest absolute Gasteiger partial charge is 0.371 e. The Bertz CT molecular complexity index is 524. The second kappa shape index (κ2) is 6.65. The number of carbonyl (C=O) groups excluding carboxylic acids is 1. The SMILES string of the molecule is CNC(=O)c1cc(N2CCOC3(CCCCCC3)C2)ccn1. The van der Waals surface area contributed by atoms with Crippen LogP contribution in [0, 0.1) is 0 Å². The second-order valence-corrected chi connectivity index (χ2v) is 6.35. The molecule has 0 unspecified atom stereocenters. The van der Waals surface area contributed by atoms with Gasteiger partial charge in [-0.3, -0.25) is 9.78 Å². The van der Waals surface area contributed by atoms with E-state index in [1.807, 2.05) is 12.1 Å². The molecule has 1 spiro atoms. The van der Waals surface area contributed by atoms with Crippen LogP contribution in [0.2, 0.25) is 0 Å². The smallest absolute Gasteiger partial charge is 0.269 e. The van der Waals surface area contributed by atoms with Gasteiger partial charge < -0.3 is 15.0 Å². The minimum Gasteiger partial charge on any atom is -0.371 e. The summed E-state index contributed by atoms with van der Waals surface area (Å²) in [5, 5.41) is 2.63. The van der Waals surface area contributed by atoms with E-state index < -0.39 is 0 Å². The van der Waals surface area contributed by atoms with Crippen LogP contribution in [0.5, 0.6) is 0 Å². The number of ether oxygens (including phenoxy) is 1. The molecule has 1 N–H and O–H groups in total. The van der Waals surface area contributed by atoms with Crippen LogP contribution < -0.4 is 10.2 Å². The number of hydrogen-bond acceptors (Lipinski definition) is 4. The normalized spacial score (nSPS) is 21.4. The second-order valence-electron chi connectivity index (χ2n) is 6.35. The highest BCUT2D eigenvalue weighted by Gasteiger charge is 2.37. The first-order valence-electron chi connectivity index (χ1n) is 8.29. The molecule has 22 heavy (non-hydrogen) atoms. The lowest BCUT2D eigenvalue weighted by molar-refractivity contribution is -0.0652. The van der Waals surface area contributed by atoms with Gasteiger partial charge in [0.25, 0.3) is 5.91 Å². The van der Waals surface area contributed by atoms with Gasteiger partial charge in [-0.15, -0.1) is 0 Å². The molecule has 1 aromatic rings. The quantitative estimate of drug-likeness (QED) is 0.911. The maximum absolute atomic E-state index is 11.8. The van der Waals surface area contributed by atoms with Crippen molar-refractivity contribution in [2.75, 3.05) is 31.6 Å². The van der Waals surface area contributed by atoms with Gasteiger partial charge in [-0.2, -0.15) is 0 Å². The Morgan fingerprint density at radius 1 is 1.32 bits per heavy atom. The zero-order valence-corrected chi connectivity index (χ0v) is 13.3. The Morgan fingerprint density at radius 3 is 2.82 bits per heavy atom. The molecule has 1 aliphatic heterocycles. The first-order valence-corrected chi connectivity index (χ1v) is 8.29. The van der Waals surface area contributed by atoms with Gasteiger partial charge in [-0.05, 0) is 25.0 Å². The molecule has 1 saturated carbocycles. The van der Waals surface area contributed by atoms with Crippen molar-refractivity contribution in [2.24, 2.45) is 0 Å². The average Bonchev–Trinajstić information content (AvgIpc) is 2.80. The van der Waals surface area contributed by atoms with Gasteiger partial charge in [0.15, 0.2) is 0 Å². The van der Waals surface area contributed by atoms with Crippen LogP contribution in [0.1, 0.15) is 49.0 Å². The van der Waals surface area contributed by atoms with E-state index in [4.69, 9.17) is 4.74 Å². The predicted molar refractivity (Wildman–Crippen MR) is 86.2 cm³/mol. The fourth-order valence-corrected chi connectivity index (χ4v) is 3.61. The number of anilines is 1. The fourth-order valence-electron chi connectivity index (χ4n) is 3.61. The highest BCUT2D eigenvalue weighted by atomic mass is 16.5. The molecule has 0 atom stereocenters. The summed E-state index contributed by atoms with van der Waals surface area (Å²) in [5.41, 5.74) is 1.55. The van der Waals surface area contributed by atoms with Crippen molar-refractivity contribution in [3.63, 3.8) is 0 Å². The van der Waals surface area contributed by atoms with Gasteiger partial charge in [-0.25, -0.2) is 0 Å². The summed E-state index contributed by atoms with van der Waals surface area (Å²) < 4.78 is 6.20. The molecule has 0 bridgehead atoms. The van der Waals surface area contributed by atoms with E-state index in [0.29, 0.717) is 5.69 Å². The average molecular weight is 303 g/mol. The van der Waals surface area contributed by atoms with Crippen molar-refractivity contribution in [2.45, 2.75) is 44.1 Å². The number of carbonyl (C=O) groups is 1. The molecule has 1 amide bonds. The molecule has 2 fully saturated rings. The van der Waals surface area contributed by atoms with Gasteiger partial charge >= 0.3 is 0 Å². The number of hydrogen-bond donors (Lipinski definition) is 1. The van der Waals surface area contributed by atoms with E-state index in [-0.39, 0.29) is 11.5 Å². The molecule has 120 valence electrons. The third-order valence-corrected chi connectivity index (χ3v) is 4.83. The first-order chi connectivity index (χ1) is 10.7. The van der Waals surface area contributed by atoms with Crippen LogP contribution >= 0.6 is 0 Å². The molecular formula is C17H25N3O2. The van der Waals surface area contributed by atoms with Gasteiger partial charge in [0.1, 0.15) is 5.69 Å². The molecule has 0 aromatic carbocycles. The van der Waals surface area contributed by atoms with E-state index in [2.05, 4.69) is 15.2 Å². The molecule has 5 heteroatoms. The topological polar surface area (TPSA) is 54.5 Å². The zero-order chi connectivity index (χ0) is 15.4. The predicted octanol–water partition coefficient (Wildman–Crippen LogP) is 2.37. The Morgan fingerprint density at radius 2 is 2.09 bits per heavy atom. The van der Waals surface area contributed by atoms with Gasteiger partial charge in [0.05, 0.1) is 12.2 Å². The van der Waals surface area contributed by atoms with Gasteiger partial charge in [0, 0.05) is 32.0 Å². The van der Waals surface area contributed by atoms with Crippen molar-refractivity contribution in [1.82, 2.24) is 10.3 Å². The van der Waals surface area contributed by atoms with Crippen LogP contribution in [0.25, 0.3) is 0 Å². The molecule has 0 radical (unpaired) electrons. The minimum absolute atomic E-state index is 0.00516. The van der Waals surface area contributed by atoms with Crippen molar-refractivity contribution >= 4 is 11.6 Å². The van der Waals surface area contributed by atoms with Crippen LogP contribution in [0.15, 0.2) is 18.3 Å². The van der Waals surface area contributed by atoms with Crippen LogP contribution in [-0.4, -0.2) is 43.2 Å². The maximum atomic E-state index is 11.8. The molecular weight excluding hydrogens is 278 g/mol. The molecule has 3 rings (SSSR count). The van der Waals surface area contributed by atoms with Crippen LogP contribution in [-0.2, 0) is 4.74 Å². The van der Waals surface area contributed by atoms with Crippen LogP contribution in [0.3, 0.4) is 0 Å². The summed E-state index contributed by atoms with van der Waals surface area (Å²) in [6, 6.07) is 3.87. The molecule has 5 nitrogen and oxygen atoms in total. The number of amides is 1. The molecule has 2 aliphatic rings. The number of rotatable bonds is 2. The summed E-state index contributed by atoms with van der Waals surface area (Å²) in [6.07, 6.45) is 9.17. The van der Waals surface area contributed by atoms with E-state index in [1.54, 1.807) is 13.2 Å². The molecule has 1 saturated heterocycles. The van der Waals surface area contributed by atoms with E-state index >= 15 is 0 Å². The fraction of sp³-hybridized carbons (Fsp3) is 0.647. The van der Waals surface area contributed by atoms with E-state index in [9.17, 15) is 4.79 Å². The summed E-state index contributed by atoms with van der Waals surface area (Å²) in [5.74, 6) is -0.140. The lowest BCUT2D eigenvalue weighted by Gasteiger charge is -2.43. The van der Waals surface area contributed by atoms with Crippen molar-refractivity contribution in [3.8, 4) is 0 Å². The third-order valence-electron chi connectivity index (χ3n) is 4.83. The Kier molecular flexibility index (Phi) is 4.62. The van der Waals surface area contributed by atoms with Gasteiger partial charge in [-0.1, -0.05) is 25.7 Å². The molecule has 1 aliphatic carbocycles. The van der Waals surface area contributed by atoms with Crippen molar-refractivity contribution in [3.05, 3.63) is 24.0 Å². The number of morpholine rings is 1. The third kappa shape index (κ3) is 3.24. The number of pyridine rings is 1. The summed E-state index contributed by atoms with van der Waals surface area (Å²) in [4.78, 5) is 18.3. The van der Waals surface area contributed by atoms with Crippen molar-refractivity contribution in [1.29, 1.82) is 0 Å². The van der Waals surface area contributed by atoms with E-state index in [1.165, 1.54) is 25.7 Å². The molecule has 2 heterocycles. The zero-order valence-electron chi connectivity index (χ0n) is 13.3. The number of aromatic nitrogens is 1. The Hall–Kier alpha value is -1.62. The highest BCUT2D eigenvalue weighted by Crippen LogP contribution is 2.34. The minimum atomic E-state index is -0.140.